The summed E-state index contributed by atoms with van der Waals surface area (Å²) in [7, 11) is 0. The number of H-pyrrole nitrogens is 1. The summed E-state index contributed by atoms with van der Waals surface area (Å²) in [4.78, 5) is 0. The molecular weight excluding hydrogens is 233 g/mol. The first-order valence-corrected chi connectivity index (χ1v) is 5.96. The number of nitrogen functional groups attached to an aromatic ring is 1. The van der Waals surface area contributed by atoms with E-state index in [0.29, 0.717) is 29.5 Å². The zero-order chi connectivity index (χ0) is 12.5. The van der Waals surface area contributed by atoms with Crippen molar-refractivity contribution in [3.63, 3.8) is 0 Å². The molecule has 0 spiro atoms. The molecule has 1 saturated carbocycles. The van der Waals surface area contributed by atoms with Crippen molar-refractivity contribution in [2.75, 3.05) is 12.3 Å². The van der Waals surface area contributed by atoms with Crippen LogP contribution < -0.4 is 10.5 Å². The van der Waals surface area contributed by atoms with Gasteiger partial charge in [0.25, 0.3) is 0 Å². The van der Waals surface area contributed by atoms with Gasteiger partial charge >= 0.3 is 0 Å². The average molecular weight is 247 g/mol. The second-order valence-electron chi connectivity index (χ2n) is 4.57. The molecule has 0 atom stereocenters. The summed E-state index contributed by atoms with van der Waals surface area (Å²) in [6, 6.07) is 4.82. The van der Waals surface area contributed by atoms with E-state index < -0.39 is 0 Å². The molecule has 94 valence electrons. The van der Waals surface area contributed by atoms with Crippen molar-refractivity contribution in [1.29, 1.82) is 0 Å². The number of rotatable bonds is 4. The molecule has 0 amide bonds. The molecule has 18 heavy (non-hydrogen) atoms. The Kier molecular flexibility index (Phi) is 2.66. The van der Waals surface area contributed by atoms with Gasteiger partial charge in [0.1, 0.15) is 5.82 Å². The molecule has 1 aliphatic carbocycles. The normalized spacial score (nSPS) is 14.7. The molecule has 0 saturated heterocycles. The number of ether oxygens (including phenoxy) is 1. The molecule has 0 aliphatic heterocycles. The van der Waals surface area contributed by atoms with Crippen molar-refractivity contribution >= 4 is 5.82 Å². The molecule has 0 bridgehead atoms. The molecule has 1 heterocycles. The van der Waals surface area contributed by atoms with E-state index in [0.717, 1.165) is 12.8 Å². The fourth-order valence-corrected chi connectivity index (χ4v) is 1.86. The second kappa shape index (κ2) is 4.33. The minimum Gasteiger partial charge on any atom is -0.490 e. The highest BCUT2D eigenvalue weighted by molar-refractivity contribution is 5.78. The maximum atomic E-state index is 13.8. The van der Waals surface area contributed by atoms with Crippen LogP contribution in [0.2, 0.25) is 0 Å². The maximum absolute atomic E-state index is 13.8. The molecule has 3 N–H and O–H groups in total. The Morgan fingerprint density at radius 1 is 1.39 bits per heavy atom. The largest absolute Gasteiger partial charge is 0.490 e. The highest BCUT2D eigenvalue weighted by atomic mass is 19.1. The van der Waals surface area contributed by atoms with E-state index in [1.807, 2.05) is 0 Å². The molecule has 3 rings (SSSR count). The third kappa shape index (κ3) is 2.03. The molecular formula is C13H14FN3O. The van der Waals surface area contributed by atoms with Crippen LogP contribution in [0.1, 0.15) is 12.8 Å². The Balaban J connectivity index is 1.97. The topological polar surface area (TPSA) is 63.9 Å². The van der Waals surface area contributed by atoms with E-state index in [-0.39, 0.29) is 11.6 Å². The van der Waals surface area contributed by atoms with Crippen molar-refractivity contribution in [2.45, 2.75) is 12.8 Å². The summed E-state index contributed by atoms with van der Waals surface area (Å²) in [5, 5.41) is 6.49. The number of nitrogens with zero attached hydrogens (tertiary/aromatic N) is 1. The zero-order valence-electron chi connectivity index (χ0n) is 9.82. The van der Waals surface area contributed by atoms with Gasteiger partial charge in [0.15, 0.2) is 11.6 Å². The molecule has 1 fully saturated rings. The second-order valence-corrected chi connectivity index (χ2v) is 4.57. The Labute approximate surface area is 104 Å². The fraction of sp³-hybridized carbons (Fsp3) is 0.308. The minimum absolute atomic E-state index is 0.262. The van der Waals surface area contributed by atoms with Crippen LogP contribution in [0.25, 0.3) is 11.1 Å². The van der Waals surface area contributed by atoms with Crippen LogP contribution in [0.3, 0.4) is 0 Å². The van der Waals surface area contributed by atoms with Crippen LogP contribution in [0.5, 0.6) is 5.75 Å². The van der Waals surface area contributed by atoms with Crippen LogP contribution in [0.15, 0.2) is 24.4 Å². The van der Waals surface area contributed by atoms with E-state index >= 15 is 0 Å². The number of hydrogen-bond donors (Lipinski definition) is 2. The van der Waals surface area contributed by atoms with E-state index in [1.165, 1.54) is 6.07 Å². The highest BCUT2D eigenvalue weighted by Gasteiger charge is 2.24. The molecule has 1 aliphatic rings. The molecule has 2 aromatic rings. The lowest BCUT2D eigenvalue weighted by Crippen LogP contribution is -2.02. The van der Waals surface area contributed by atoms with Crippen molar-refractivity contribution in [3.8, 4) is 16.9 Å². The number of nitrogens with one attached hydrogen (secondary N) is 1. The van der Waals surface area contributed by atoms with Crippen LogP contribution in [-0.2, 0) is 0 Å². The molecule has 5 heteroatoms. The van der Waals surface area contributed by atoms with Crippen molar-refractivity contribution in [3.05, 3.63) is 30.2 Å². The third-order valence-corrected chi connectivity index (χ3v) is 3.09. The number of hydrogen-bond acceptors (Lipinski definition) is 3. The first kappa shape index (κ1) is 11.1. The number of para-hydroxylation sites is 1. The number of aromatic nitrogens is 2. The number of anilines is 1. The number of benzene rings is 1. The Morgan fingerprint density at radius 2 is 2.22 bits per heavy atom. The predicted molar refractivity (Wildman–Crippen MR) is 66.6 cm³/mol. The third-order valence-electron chi connectivity index (χ3n) is 3.09. The van der Waals surface area contributed by atoms with Gasteiger partial charge in [0.2, 0.25) is 0 Å². The van der Waals surface area contributed by atoms with Crippen LogP contribution in [-0.4, -0.2) is 16.8 Å². The van der Waals surface area contributed by atoms with Crippen molar-refractivity contribution in [2.24, 2.45) is 5.92 Å². The molecule has 0 radical (unpaired) electrons. The monoisotopic (exact) mass is 247 g/mol. The molecule has 1 aromatic carbocycles. The molecule has 0 unspecified atom stereocenters. The highest BCUT2D eigenvalue weighted by Crippen LogP contribution is 2.36. The van der Waals surface area contributed by atoms with Crippen molar-refractivity contribution < 1.29 is 9.13 Å². The summed E-state index contributed by atoms with van der Waals surface area (Å²) in [6.07, 6.45) is 3.91. The zero-order valence-corrected chi connectivity index (χ0v) is 9.82. The van der Waals surface area contributed by atoms with Crippen molar-refractivity contribution in [1.82, 2.24) is 10.2 Å². The van der Waals surface area contributed by atoms with Gasteiger partial charge in [-0.2, -0.15) is 5.10 Å². The summed E-state index contributed by atoms with van der Waals surface area (Å²) in [6.45, 7) is 0.561. The lowest BCUT2D eigenvalue weighted by Gasteiger charge is -2.11. The van der Waals surface area contributed by atoms with Gasteiger partial charge in [0.05, 0.1) is 12.8 Å². The summed E-state index contributed by atoms with van der Waals surface area (Å²) < 4.78 is 19.4. The lowest BCUT2D eigenvalue weighted by atomic mass is 10.1. The quantitative estimate of drug-likeness (QED) is 0.872. The van der Waals surface area contributed by atoms with E-state index in [4.69, 9.17) is 10.5 Å². The van der Waals surface area contributed by atoms with Gasteiger partial charge in [-0.25, -0.2) is 4.39 Å². The van der Waals surface area contributed by atoms with Crippen LogP contribution in [0.4, 0.5) is 10.2 Å². The minimum atomic E-state index is -0.367. The smallest absolute Gasteiger partial charge is 0.165 e. The van der Waals surface area contributed by atoms with Crippen LogP contribution in [0, 0.1) is 11.7 Å². The van der Waals surface area contributed by atoms with E-state index in [2.05, 4.69) is 10.2 Å². The average Bonchev–Trinajstić information content (AvgIpc) is 3.09. The SMILES string of the molecule is Nc1[nH]ncc1-c1cccc(F)c1OCC1CC1. The van der Waals surface area contributed by atoms with Gasteiger partial charge in [-0.1, -0.05) is 12.1 Å². The van der Waals surface area contributed by atoms with E-state index in [9.17, 15) is 4.39 Å². The van der Waals surface area contributed by atoms with Gasteiger partial charge in [-0.3, -0.25) is 5.10 Å². The van der Waals surface area contributed by atoms with Gasteiger partial charge in [0, 0.05) is 11.1 Å². The van der Waals surface area contributed by atoms with Crippen LogP contribution >= 0.6 is 0 Å². The first-order valence-electron chi connectivity index (χ1n) is 5.96. The van der Waals surface area contributed by atoms with E-state index in [1.54, 1.807) is 18.3 Å². The Morgan fingerprint density at radius 3 is 2.89 bits per heavy atom. The Hall–Kier alpha value is -2.04. The number of halogens is 1. The predicted octanol–water partition coefficient (Wildman–Crippen LogP) is 2.59. The standard InChI is InChI=1S/C13H14FN3O/c14-11-3-1-2-9(10-6-16-17-13(10)15)12(11)18-7-8-4-5-8/h1-3,6,8H,4-5,7H2,(H3,15,16,17). The molecule has 4 nitrogen and oxygen atoms in total. The lowest BCUT2D eigenvalue weighted by molar-refractivity contribution is 0.286. The molecule has 1 aromatic heterocycles. The van der Waals surface area contributed by atoms with Gasteiger partial charge < -0.3 is 10.5 Å². The fourth-order valence-electron chi connectivity index (χ4n) is 1.86. The van der Waals surface area contributed by atoms with Gasteiger partial charge in [-0.05, 0) is 24.8 Å². The van der Waals surface area contributed by atoms with Gasteiger partial charge in [-0.15, -0.1) is 0 Å². The summed E-state index contributed by atoms with van der Waals surface area (Å²) >= 11 is 0. The number of nitrogens with two attached hydrogens (primary N) is 1. The number of aromatic amines is 1. The summed E-state index contributed by atoms with van der Waals surface area (Å²) in [5.74, 6) is 0.877. The maximum Gasteiger partial charge on any atom is 0.165 e. The first-order chi connectivity index (χ1) is 8.75. The Bertz CT molecular complexity index is 563. The summed E-state index contributed by atoms with van der Waals surface area (Å²) in [5.41, 5.74) is 7.07.